The number of hydrogen-bond donors (Lipinski definition) is 0. The zero-order valence-electron chi connectivity index (χ0n) is 21.4. The van der Waals surface area contributed by atoms with Gasteiger partial charge in [0.05, 0.1) is 5.76 Å². The van der Waals surface area contributed by atoms with Gasteiger partial charge in [-0.25, -0.2) is 0 Å². The molecule has 4 rings (SSSR count). The first kappa shape index (κ1) is 22.9. The minimum Gasteiger partial charge on any atom is -0.547 e. The molecule has 3 saturated carbocycles. The van der Waals surface area contributed by atoms with Crippen LogP contribution in [0.5, 0.6) is 0 Å². The summed E-state index contributed by atoms with van der Waals surface area (Å²) < 4.78 is 6.80. The SMILES string of the molecule is CCC[C@H]1CC[C@H]2[C@@H]3CC[C@H]4CC(O[Si](C)(C)C(C)(C)C)=CC[C@]4(C)[C@H]3CC[C@]12C. The van der Waals surface area contributed by atoms with Gasteiger partial charge >= 0.3 is 0 Å². The highest BCUT2D eigenvalue weighted by molar-refractivity contribution is 6.74. The van der Waals surface area contributed by atoms with E-state index in [0.717, 1.165) is 29.6 Å². The summed E-state index contributed by atoms with van der Waals surface area (Å²) in [5.41, 5.74) is 1.18. The lowest BCUT2D eigenvalue weighted by atomic mass is 9.45. The smallest absolute Gasteiger partial charge is 0.250 e. The van der Waals surface area contributed by atoms with Crippen LogP contribution in [0, 0.1) is 40.4 Å². The third kappa shape index (κ3) is 3.56. The molecule has 0 aromatic rings. The molecule has 0 unspecified atom stereocenters. The summed E-state index contributed by atoms with van der Waals surface area (Å²) >= 11 is 0. The molecule has 0 radical (unpaired) electrons. The second-order valence-corrected chi connectivity index (χ2v) is 18.4. The molecule has 0 aliphatic heterocycles. The van der Waals surface area contributed by atoms with Gasteiger partial charge in [0.2, 0.25) is 8.32 Å². The van der Waals surface area contributed by atoms with Gasteiger partial charge in [-0.2, -0.15) is 0 Å². The molecule has 0 saturated heterocycles. The summed E-state index contributed by atoms with van der Waals surface area (Å²) in [6.07, 6.45) is 16.9. The van der Waals surface area contributed by atoms with Gasteiger partial charge in [-0.1, -0.05) is 54.4 Å². The molecule has 0 aromatic heterocycles. The van der Waals surface area contributed by atoms with Gasteiger partial charge < -0.3 is 4.43 Å². The van der Waals surface area contributed by atoms with Crippen molar-refractivity contribution in [2.45, 2.75) is 124 Å². The zero-order chi connectivity index (χ0) is 21.9. The second kappa shape index (κ2) is 7.67. The van der Waals surface area contributed by atoms with Gasteiger partial charge in [-0.15, -0.1) is 0 Å². The lowest BCUT2D eigenvalue weighted by Crippen LogP contribution is -2.52. The Morgan fingerprint density at radius 2 is 1.70 bits per heavy atom. The molecule has 7 atom stereocenters. The highest BCUT2D eigenvalue weighted by Crippen LogP contribution is 2.67. The van der Waals surface area contributed by atoms with Crippen molar-refractivity contribution in [3.63, 3.8) is 0 Å². The molecule has 0 heterocycles. The molecule has 0 spiro atoms. The van der Waals surface area contributed by atoms with Crippen LogP contribution in [-0.2, 0) is 4.43 Å². The predicted molar refractivity (Wildman–Crippen MR) is 132 cm³/mol. The predicted octanol–water partition coefficient (Wildman–Crippen LogP) is 8.96. The highest BCUT2D eigenvalue weighted by atomic mass is 28.4. The van der Waals surface area contributed by atoms with Crippen molar-refractivity contribution in [1.29, 1.82) is 0 Å². The van der Waals surface area contributed by atoms with Crippen LogP contribution in [0.15, 0.2) is 11.8 Å². The first-order valence-electron chi connectivity index (χ1n) is 13.3. The van der Waals surface area contributed by atoms with E-state index >= 15 is 0 Å². The Bertz CT molecular complexity index is 673. The standard InChI is InChI=1S/C28H50OSi/c1-9-10-20-12-14-24-23-13-11-21-19-22(29-30(7,8)26(2,3)4)15-17-28(21,6)25(23)16-18-27(20,24)5/h15,20-21,23-25H,9-14,16-19H2,1-8H3/t20-,21-,23-,24-,25-,27+,28-/m0/s1. The van der Waals surface area contributed by atoms with E-state index in [1.165, 1.54) is 70.0 Å². The maximum absolute atomic E-state index is 6.80. The summed E-state index contributed by atoms with van der Waals surface area (Å²) in [6.45, 7) is 19.7. The highest BCUT2D eigenvalue weighted by Gasteiger charge is 2.59. The third-order valence-corrected chi connectivity index (χ3v) is 15.7. The monoisotopic (exact) mass is 430 g/mol. The van der Waals surface area contributed by atoms with Crippen LogP contribution in [0.2, 0.25) is 18.1 Å². The lowest BCUT2D eigenvalue weighted by Gasteiger charge is -2.60. The number of fused-ring (bicyclic) bond motifs is 5. The van der Waals surface area contributed by atoms with Gasteiger partial charge in [-0.3, -0.25) is 0 Å². The Hall–Kier alpha value is -0.243. The molecule has 1 nitrogen and oxygen atoms in total. The molecule has 0 N–H and O–H groups in total. The van der Waals surface area contributed by atoms with E-state index in [0.29, 0.717) is 10.8 Å². The summed E-state index contributed by atoms with van der Waals surface area (Å²) in [4.78, 5) is 0. The summed E-state index contributed by atoms with van der Waals surface area (Å²) in [5, 5.41) is 0.289. The first-order valence-corrected chi connectivity index (χ1v) is 16.2. The van der Waals surface area contributed by atoms with Crippen molar-refractivity contribution in [2.24, 2.45) is 40.4 Å². The Balaban J connectivity index is 1.51. The maximum Gasteiger partial charge on any atom is 0.250 e. The Morgan fingerprint density at radius 3 is 2.37 bits per heavy atom. The minimum absolute atomic E-state index is 0.289. The molecule has 0 bridgehead atoms. The number of rotatable bonds is 4. The molecule has 4 aliphatic rings. The van der Waals surface area contributed by atoms with E-state index in [-0.39, 0.29) is 5.04 Å². The van der Waals surface area contributed by atoms with Crippen molar-refractivity contribution in [3.05, 3.63) is 11.8 Å². The number of allylic oxidation sites excluding steroid dienone is 2. The fourth-order valence-corrected chi connectivity index (χ4v) is 9.47. The second-order valence-electron chi connectivity index (χ2n) is 13.7. The van der Waals surface area contributed by atoms with Crippen molar-refractivity contribution in [3.8, 4) is 0 Å². The van der Waals surface area contributed by atoms with E-state index in [2.05, 4.69) is 60.7 Å². The van der Waals surface area contributed by atoms with Gasteiger partial charge in [0.1, 0.15) is 0 Å². The third-order valence-electron chi connectivity index (χ3n) is 11.3. The number of hydrogen-bond acceptors (Lipinski definition) is 1. The normalized spacial score (nSPS) is 44.0. The van der Waals surface area contributed by atoms with Crippen LogP contribution in [0.4, 0.5) is 0 Å². The average Bonchev–Trinajstić information content (AvgIpc) is 2.98. The van der Waals surface area contributed by atoms with E-state index in [9.17, 15) is 0 Å². The van der Waals surface area contributed by atoms with E-state index < -0.39 is 8.32 Å². The molecule has 30 heavy (non-hydrogen) atoms. The fourth-order valence-electron chi connectivity index (χ4n) is 8.34. The quantitative estimate of drug-likeness (QED) is 0.404. The van der Waals surface area contributed by atoms with Crippen molar-refractivity contribution >= 4 is 8.32 Å². The van der Waals surface area contributed by atoms with Gasteiger partial charge in [0.25, 0.3) is 0 Å². The molecule has 3 fully saturated rings. The molecule has 172 valence electrons. The molecule has 0 amide bonds. The van der Waals surface area contributed by atoms with Gasteiger partial charge in [0.15, 0.2) is 0 Å². The summed E-state index contributed by atoms with van der Waals surface area (Å²) in [6, 6.07) is 0. The molecule has 2 heteroatoms. The topological polar surface area (TPSA) is 9.23 Å². The van der Waals surface area contributed by atoms with Crippen LogP contribution in [0.25, 0.3) is 0 Å². The van der Waals surface area contributed by atoms with E-state index in [1.54, 1.807) is 0 Å². The molecule has 0 aromatic carbocycles. The van der Waals surface area contributed by atoms with E-state index in [1.807, 2.05) is 0 Å². The van der Waals surface area contributed by atoms with Crippen molar-refractivity contribution in [1.82, 2.24) is 0 Å². The fraction of sp³-hybridized carbons (Fsp3) is 0.929. The van der Waals surface area contributed by atoms with Gasteiger partial charge in [0, 0.05) is 6.42 Å². The summed E-state index contributed by atoms with van der Waals surface area (Å²) in [7, 11) is -1.72. The van der Waals surface area contributed by atoms with Crippen LogP contribution in [-0.4, -0.2) is 8.32 Å². The van der Waals surface area contributed by atoms with Gasteiger partial charge in [-0.05, 0) is 110 Å². The maximum atomic E-state index is 6.80. The Labute approximate surface area is 188 Å². The minimum atomic E-state index is -1.72. The van der Waals surface area contributed by atoms with Crippen LogP contribution >= 0.6 is 0 Å². The Kier molecular flexibility index (Phi) is 5.86. The van der Waals surface area contributed by atoms with Crippen LogP contribution in [0.1, 0.15) is 106 Å². The molecule has 4 aliphatic carbocycles. The first-order chi connectivity index (χ1) is 13.9. The largest absolute Gasteiger partial charge is 0.547 e. The van der Waals surface area contributed by atoms with Crippen LogP contribution < -0.4 is 0 Å². The average molecular weight is 431 g/mol. The van der Waals surface area contributed by atoms with Crippen LogP contribution in [0.3, 0.4) is 0 Å². The van der Waals surface area contributed by atoms with Crippen molar-refractivity contribution in [2.75, 3.05) is 0 Å². The lowest BCUT2D eigenvalue weighted by molar-refractivity contribution is -0.0999. The van der Waals surface area contributed by atoms with E-state index in [4.69, 9.17) is 4.43 Å². The molecular weight excluding hydrogens is 380 g/mol. The summed E-state index contributed by atoms with van der Waals surface area (Å²) in [5.74, 6) is 6.19. The zero-order valence-corrected chi connectivity index (χ0v) is 22.4. The molecular formula is C28H50OSi. The van der Waals surface area contributed by atoms with Crippen molar-refractivity contribution < 1.29 is 4.43 Å². The Morgan fingerprint density at radius 1 is 1.00 bits per heavy atom.